The molecule has 0 aromatic rings. The fourth-order valence-corrected chi connectivity index (χ4v) is 1.12. The zero-order valence-electron chi connectivity index (χ0n) is 8.51. The molecule has 0 aliphatic heterocycles. The lowest BCUT2D eigenvalue weighted by Gasteiger charge is -2.18. The van der Waals surface area contributed by atoms with Crippen molar-refractivity contribution in [2.45, 2.75) is 33.2 Å². The van der Waals surface area contributed by atoms with Crippen LogP contribution < -0.4 is 5.32 Å². The molecular formula is C11H21N. The Kier molecular flexibility index (Phi) is 6.78. The molecule has 0 bridgehead atoms. The fraction of sp³-hybridized carbons (Fsp3) is 0.636. The molecule has 0 spiro atoms. The Labute approximate surface area is 76.6 Å². The lowest BCUT2D eigenvalue weighted by atomic mass is 9.99. The Morgan fingerprint density at radius 1 is 1.42 bits per heavy atom. The highest BCUT2D eigenvalue weighted by Crippen LogP contribution is 2.08. The third kappa shape index (κ3) is 5.14. The van der Waals surface area contributed by atoms with Crippen molar-refractivity contribution < 1.29 is 0 Å². The van der Waals surface area contributed by atoms with Gasteiger partial charge in [-0.15, -0.1) is 0 Å². The van der Waals surface area contributed by atoms with E-state index in [4.69, 9.17) is 0 Å². The Balaban J connectivity index is 3.62. The maximum atomic E-state index is 3.64. The highest BCUT2D eigenvalue weighted by molar-refractivity contribution is 4.98. The molecule has 2 unspecified atom stereocenters. The first kappa shape index (κ1) is 11.4. The molecule has 0 saturated carbocycles. The zero-order valence-corrected chi connectivity index (χ0v) is 8.51. The van der Waals surface area contributed by atoms with Gasteiger partial charge >= 0.3 is 0 Å². The summed E-state index contributed by atoms with van der Waals surface area (Å²) in [4.78, 5) is 0. The second-order valence-corrected chi connectivity index (χ2v) is 3.22. The Bertz CT molecular complexity index is 138. The average Bonchev–Trinajstić information content (AvgIpc) is 2.05. The molecule has 0 rings (SSSR count). The summed E-state index contributed by atoms with van der Waals surface area (Å²) in [5.74, 6) is 0.696. The zero-order chi connectivity index (χ0) is 9.40. The van der Waals surface area contributed by atoms with E-state index in [1.807, 2.05) is 12.2 Å². The first-order valence-corrected chi connectivity index (χ1v) is 4.73. The molecule has 0 radical (unpaired) electrons. The van der Waals surface area contributed by atoms with Crippen LogP contribution in [0.3, 0.4) is 0 Å². The highest BCUT2D eigenvalue weighted by atomic mass is 14.9. The molecule has 0 saturated heterocycles. The molecule has 0 amide bonds. The van der Waals surface area contributed by atoms with Crippen molar-refractivity contribution in [1.82, 2.24) is 5.32 Å². The number of hydrogen-bond donors (Lipinski definition) is 1. The first-order valence-electron chi connectivity index (χ1n) is 4.73. The topological polar surface area (TPSA) is 12.0 Å². The van der Waals surface area contributed by atoms with E-state index in [2.05, 4.69) is 38.7 Å². The van der Waals surface area contributed by atoms with Crippen molar-refractivity contribution in [2.75, 3.05) is 6.54 Å². The monoisotopic (exact) mass is 167 g/mol. The van der Waals surface area contributed by atoms with Gasteiger partial charge in [0.25, 0.3) is 0 Å². The summed E-state index contributed by atoms with van der Waals surface area (Å²) < 4.78 is 0. The van der Waals surface area contributed by atoms with E-state index in [0.29, 0.717) is 12.0 Å². The van der Waals surface area contributed by atoms with E-state index in [0.717, 1.165) is 13.0 Å². The van der Waals surface area contributed by atoms with Crippen molar-refractivity contribution in [3.63, 3.8) is 0 Å². The highest BCUT2D eigenvalue weighted by Gasteiger charge is 2.07. The number of rotatable bonds is 6. The van der Waals surface area contributed by atoms with Crippen LogP contribution in [0.1, 0.15) is 27.2 Å². The predicted octanol–water partition coefficient (Wildman–Crippen LogP) is 2.75. The van der Waals surface area contributed by atoms with E-state index >= 15 is 0 Å². The van der Waals surface area contributed by atoms with Gasteiger partial charge in [0.05, 0.1) is 0 Å². The summed E-state index contributed by atoms with van der Waals surface area (Å²) in [6, 6.07) is 0.601. The standard InChI is InChI=1S/C11H21N/c1-5-7-8-9-10(3)11(4)12-6-2/h5,7-8,10-12H,1,6,9H2,2-4H3. The van der Waals surface area contributed by atoms with Crippen LogP contribution in [0, 0.1) is 5.92 Å². The molecule has 0 heterocycles. The summed E-state index contributed by atoms with van der Waals surface area (Å²) in [7, 11) is 0. The maximum absolute atomic E-state index is 3.64. The van der Waals surface area contributed by atoms with Crippen LogP contribution in [0.5, 0.6) is 0 Å². The van der Waals surface area contributed by atoms with E-state index in [-0.39, 0.29) is 0 Å². The maximum Gasteiger partial charge on any atom is 0.00672 e. The van der Waals surface area contributed by atoms with Crippen LogP contribution in [0.15, 0.2) is 24.8 Å². The summed E-state index contributed by atoms with van der Waals surface area (Å²) in [6.45, 7) is 11.3. The number of nitrogens with one attached hydrogen (secondary N) is 1. The van der Waals surface area contributed by atoms with E-state index in [1.165, 1.54) is 0 Å². The summed E-state index contributed by atoms with van der Waals surface area (Å²) in [6.07, 6.45) is 7.13. The van der Waals surface area contributed by atoms with Crippen molar-refractivity contribution in [1.29, 1.82) is 0 Å². The molecule has 0 aliphatic rings. The molecule has 1 nitrogen and oxygen atoms in total. The van der Waals surface area contributed by atoms with Gasteiger partial charge in [-0.25, -0.2) is 0 Å². The number of allylic oxidation sites excluding steroid dienone is 3. The van der Waals surface area contributed by atoms with E-state index in [1.54, 1.807) is 0 Å². The Morgan fingerprint density at radius 2 is 2.08 bits per heavy atom. The van der Waals surface area contributed by atoms with Crippen LogP contribution in [-0.4, -0.2) is 12.6 Å². The van der Waals surface area contributed by atoms with E-state index < -0.39 is 0 Å². The average molecular weight is 167 g/mol. The molecule has 1 heteroatoms. The van der Waals surface area contributed by atoms with Crippen LogP contribution in [0.25, 0.3) is 0 Å². The lowest BCUT2D eigenvalue weighted by Crippen LogP contribution is -2.31. The van der Waals surface area contributed by atoms with Gasteiger partial charge in [0.1, 0.15) is 0 Å². The number of hydrogen-bond acceptors (Lipinski definition) is 1. The molecule has 0 fully saturated rings. The normalized spacial score (nSPS) is 16.2. The van der Waals surface area contributed by atoms with Gasteiger partial charge in [-0.2, -0.15) is 0 Å². The fourth-order valence-electron chi connectivity index (χ4n) is 1.12. The summed E-state index contributed by atoms with van der Waals surface area (Å²) in [5.41, 5.74) is 0. The second kappa shape index (κ2) is 7.11. The van der Waals surface area contributed by atoms with Gasteiger partial charge in [-0.1, -0.05) is 38.7 Å². The van der Waals surface area contributed by atoms with Crippen molar-refractivity contribution in [2.24, 2.45) is 5.92 Å². The van der Waals surface area contributed by atoms with Crippen LogP contribution in [-0.2, 0) is 0 Å². The third-order valence-corrected chi connectivity index (χ3v) is 2.16. The molecule has 70 valence electrons. The molecular weight excluding hydrogens is 146 g/mol. The Morgan fingerprint density at radius 3 is 2.58 bits per heavy atom. The van der Waals surface area contributed by atoms with Crippen molar-refractivity contribution >= 4 is 0 Å². The third-order valence-electron chi connectivity index (χ3n) is 2.16. The van der Waals surface area contributed by atoms with Gasteiger partial charge in [-0.05, 0) is 25.8 Å². The first-order chi connectivity index (χ1) is 5.72. The van der Waals surface area contributed by atoms with Gasteiger partial charge in [0.2, 0.25) is 0 Å². The smallest absolute Gasteiger partial charge is 0.00672 e. The Hall–Kier alpha value is -0.560. The molecule has 1 N–H and O–H groups in total. The van der Waals surface area contributed by atoms with Crippen LogP contribution in [0.2, 0.25) is 0 Å². The molecule has 0 aliphatic carbocycles. The molecule has 2 atom stereocenters. The minimum Gasteiger partial charge on any atom is -0.314 e. The summed E-state index contributed by atoms with van der Waals surface area (Å²) >= 11 is 0. The van der Waals surface area contributed by atoms with Crippen molar-refractivity contribution in [3.05, 3.63) is 24.8 Å². The molecule has 0 aromatic carbocycles. The summed E-state index contributed by atoms with van der Waals surface area (Å²) in [5, 5.41) is 3.41. The largest absolute Gasteiger partial charge is 0.314 e. The minimum atomic E-state index is 0.601. The van der Waals surface area contributed by atoms with E-state index in [9.17, 15) is 0 Å². The molecule has 12 heavy (non-hydrogen) atoms. The van der Waals surface area contributed by atoms with Crippen molar-refractivity contribution in [3.8, 4) is 0 Å². The lowest BCUT2D eigenvalue weighted by molar-refractivity contribution is 0.411. The second-order valence-electron chi connectivity index (χ2n) is 3.22. The SMILES string of the molecule is C=CC=CCC(C)C(C)NCC. The van der Waals surface area contributed by atoms with Gasteiger partial charge in [0, 0.05) is 6.04 Å². The molecule has 0 aromatic heterocycles. The van der Waals surface area contributed by atoms with Crippen LogP contribution >= 0.6 is 0 Å². The quantitative estimate of drug-likeness (QED) is 0.600. The predicted molar refractivity (Wildman–Crippen MR) is 56.3 cm³/mol. The van der Waals surface area contributed by atoms with Gasteiger partial charge < -0.3 is 5.32 Å². The minimum absolute atomic E-state index is 0.601. The van der Waals surface area contributed by atoms with Gasteiger partial charge in [-0.3, -0.25) is 0 Å². The van der Waals surface area contributed by atoms with Crippen LogP contribution in [0.4, 0.5) is 0 Å². The van der Waals surface area contributed by atoms with Gasteiger partial charge in [0.15, 0.2) is 0 Å².